The zero-order valence-electron chi connectivity index (χ0n) is 7.99. The Labute approximate surface area is 82.3 Å². The number of hydrogen-bond donors (Lipinski definition) is 2. The number of aliphatic hydroxyl groups is 1. The first-order valence-corrected chi connectivity index (χ1v) is 4.29. The Morgan fingerprint density at radius 1 is 1.57 bits per heavy atom. The van der Waals surface area contributed by atoms with Crippen LogP contribution in [-0.2, 0) is 0 Å². The molecule has 0 bridgehead atoms. The van der Waals surface area contributed by atoms with Crippen molar-refractivity contribution >= 4 is 11.5 Å². The highest BCUT2D eigenvalue weighted by Crippen LogP contribution is 2.19. The Balaban J connectivity index is 2.89. The van der Waals surface area contributed by atoms with Gasteiger partial charge < -0.3 is 15.6 Å². The Morgan fingerprint density at radius 3 is 2.86 bits per heavy atom. The number of nitrogen functional groups attached to an aromatic ring is 1. The fourth-order valence-corrected chi connectivity index (χ4v) is 1.09. The molecule has 76 valence electrons. The van der Waals surface area contributed by atoms with E-state index in [1.165, 1.54) is 6.92 Å². The largest absolute Gasteiger partial charge is 0.491 e. The second-order valence-electron chi connectivity index (χ2n) is 2.88. The first-order chi connectivity index (χ1) is 6.65. The lowest BCUT2D eigenvalue weighted by Crippen LogP contribution is -2.04. The maximum absolute atomic E-state index is 11.1. The number of nitrogens with two attached hydrogens (primary N) is 1. The van der Waals surface area contributed by atoms with Crippen molar-refractivity contribution in [1.29, 1.82) is 0 Å². The van der Waals surface area contributed by atoms with Crippen molar-refractivity contribution in [3.05, 3.63) is 23.8 Å². The third kappa shape index (κ3) is 2.47. The molecule has 4 nitrogen and oxygen atoms in total. The van der Waals surface area contributed by atoms with Crippen LogP contribution in [0.3, 0.4) is 0 Å². The van der Waals surface area contributed by atoms with Crippen molar-refractivity contribution in [2.24, 2.45) is 0 Å². The molecule has 0 fully saturated rings. The highest BCUT2D eigenvalue weighted by atomic mass is 16.5. The number of hydrogen-bond acceptors (Lipinski definition) is 4. The molecule has 0 aliphatic heterocycles. The highest BCUT2D eigenvalue weighted by Gasteiger charge is 2.05. The molecule has 0 spiro atoms. The molecule has 0 saturated carbocycles. The molecule has 0 radical (unpaired) electrons. The quantitative estimate of drug-likeness (QED) is 0.551. The zero-order valence-corrected chi connectivity index (χ0v) is 7.99. The molecular weight excluding hydrogens is 182 g/mol. The van der Waals surface area contributed by atoms with Gasteiger partial charge in [-0.05, 0) is 25.1 Å². The number of Topliss-reactive ketones (excluding diaryl/α,β-unsaturated/α-hetero) is 1. The van der Waals surface area contributed by atoms with Crippen LogP contribution in [0.2, 0.25) is 0 Å². The minimum Gasteiger partial charge on any atom is -0.491 e. The second-order valence-corrected chi connectivity index (χ2v) is 2.88. The summed E-state index contributed by atoms with van der Waals surface area (Å²) in [5.74, 6) is 0.440. The molecule has 0 aliphatic carbocycles. The fraction of sp³-hybridized carbons (Fsp3) is 0.300. The summed E-state index contributed by atoms with van der Waals surface area (Å²) < 4.78 is 5.14. The molecule has 0 amide bonds. The molecule has 1 rings (SSSR count). The van der Waals surface area contributed by atoms with Crippen LogP contribution in [0, 0.1) is 0 Å². The fourth-order valence-electron chi connectivity index (χ4n) is 1.09. The van der Waals surface area contributed by atoms with E-state index < -0.39 is 0 Å². The van der Waals surface area contributed by atoms with Crippen LogP contribution in [0.15, 0.2) is 18.2 Å². The minimum absolute atomic E-state index is 0.0558. The Hall–Kier alpha value is -1.55. The molecular formula is C10H13NO3. The molecule has 1 aromatic rings. The summed E-state index contributed by atoms with van der Waals surface area (Å²) in [5.41, 5.74) is 6.48. The van der Waals surface area contributed by atoms with Crippen molar-refractivity contribution in [3.63, 3.8) is 0 Å². The Morgan fingerprint density at radius 2 is 2.29 bits per heavy atom. The van der Waals surface area contributed by atoms with Crippen LogP contribution < -0.4 is 10.5 Å². The van der Waals surface area contributed by atoms with E-state index >= 15 is 0 Å². The number of carbonyl (C=O) groups is 1. The van der Waals surface area contributed by atoms with Gasteiger partial charge in [-0.2, -0.15) is 0 Å². The van der Waals surface area contributed by atoms with Gasteiger partial charge in [0.05, 0.1) is 6.61 Å². The van der Waals surface area contributed by atoms with Gasteiger partial charge in [-0.3, -0.25) is 4.79 Å². The predicted octanol–water partition coefficient (Wildman–Crippen LogP) is 0.843. The second kappa shape index (κ2) is 4.62. The summed E-state index contributed by atoms with van der Waals surface area (Å²) in [5, 5.41) is 8.54. The summed E-state index contributed by atoms with van der Waals surface area (Å²) in [6, 6.07) is 4.86. The third-order valence-corrected chi connectivity index (χ3v) is 1.76. The molecule has 4 heteroatoms. The monoisotopic (exact) mass is 195 g/mol. The van der Waals surface area contributed by atoms with Gasteiger partial charge in [-0.1, -0.05) is 0 Å². The topological polar surface area (TPSA) is 72.5 Å². The molecule has 1 aromatic carbocycles. The normalized spacial score (nSPS) is 9.86. The molecule has 14 heavy (non-hydrogen) atoms. The van der Waals surface area contributed by atoms with E-state index in [0.717, 1.165) is 0 Å². The number of aliphatic hydroxyl groups excluding tert-OH is 1. The van der Waals surface area contributed by atoms with Crippen molar-refractivity contribution in [2.75, 3.05) is 18.9 Å². The molecule has 0 aliphatic rings. The smallest absolute Gasteiger partial charge is 0.162 e. The van der Waals surface area contributed by atoms with E-state index in [1.54, 1.807) is 18.2 Å². The summed E-state index contributed by atoms with van der Waals surface area (Å²) >= 11 is 0. The summed E-state index contributed by atoms with van der Waals surface area (Å²) in [6.07, 6.45) is 0. The first-order valence-electron chi connectivity index (χ1n) is 4.29. The van der Waals surface area contributed by atoms with Crippen LogP contribution in [0.5, 0.6) is 5.75 Å². The van der Waals surface area contributed by atoms with Gasteiger partial charge in [0.15, 0.2) is 5.78 Å². The Kier molecular flexibility index (Phi) is 3.48. The minimum atomic E-state index is -0.100. The lowest BCUT2D eigenvalue weighted by atomic mass is 10.1. The standard InChI is InChI=1S/C10H13NO3/c1-7(13)9-6-8(14-5-4-12)2-3-10(9)11/h2-3,6,12H,4-5,11H2,1H3. The van der Waals surface area contributed by atoms with Gasteiger partial charge in [0, 0.05) is 11.3 Å². The van der Waals surface area contributed by atoms with Gasteiger partial charge in [-0.15, -0.1) is 0 Å². The van der Waals surface area contributed by atoms with Gasteiger partial charge in [0.2, 0.25) is 0 Å². The number of ether oxygens (including phenoxy) is 1. The van der Waals surface area contributed by atoms with Crippen LogP contribution in [-0.4, -0.2) is 24.1 Å². The van der Waals surface area contributed by atoms with Gasteiger partial charge in [0.1, 0.15) is 12.4 Å². The zero-order chi connectivity index (χ0) is 10.6. The van der Waals surface area contributed by atoms with E-state index in [2.05, 4.69) is 0 Å². The van der Waals surface area contributed by atoms with E-state index in [9.17, 15) is 4.79 Å². The van der Waals surface area contributed by atoms with E-state index in [0.29, 0.717) is 17.0 Å². The highest BCUT2D eigenvalue weighted by molar-refractivity contribution is 5.99. The molecule has 3 N–H and O–H groups in total. The van der Waals surface area contributed by atoms with E-state index in [-0.39, 0.29) is 19.0 Å². The molecule has 0 saturated heterocycles. The lowest BCUT2D eigenvalue weighted by Gasteiger charge is -2.07. The third-order valence-electron chi connectivity index (χ3n) is 1.76. The molecule has 0 unspecified atom stereocenters. The summed E-state index contributed by atoms with van der Waals surface area (Å²) in [4.78, 5) is 11.1. The maximum atomic E-state index is 11.1. The average molecular weight is 195 g/mol. The SMILES string of the molecule is CC(=O)c1cc(OCCO)ccc1N. The van der Waals surface area contributed by atoms with Crippen LogP contribution in [0.4, 0.5) is 5.69 Å². The van der Waals surface area contributed by atoms with Crippen molar-refractivity contribution in [2.45, 2.75) is 6.92 Å². The number of benzene rings is 1. The number of rotatable bonds is 4. The summed E-state index contributed by atoms with van der Waals surface area (Å²) in [6.45, 7) is 1.60. The summed E-state index contributed by atoms with van der Waals surface area (Å²) in [7, 11) is 0. The van der Waals surface area contributed by atoms with Gasteiger partial charge >= 0.3 is 0 Å². The van der Waals surface area contributed by atoms with Gasteiger partial charge in [0.25, 0.3) is 0 Å². The predicted molar refractivity (Wildman–Crippen MR) is 53.4 cm³/mol. The molecule has 0 atom stereocenters. The van der Waals surface area contributed by atoms with Crippen LogP contribution in [0.25, 0.3) is 0 Å². The number of anilines is 1. The maximum Gasteiger partial charge on any atom is 0.162 e. The van der Waals surface area contributed by atoms with Crippen LogP contribution >= 0.6 is 0 Å². The number of carbonyl (C=O) groups excluding carboxylic acids is 1. The molecule has 0 aromatic heterocycles. The number of ketones is 1. The first kappa shape index (κ1) is 10.5. The Bertz CT molecular complexity index is 336. The van der Waals surface area contributed by atoms with E-state index in [1.807, 2.05) is 0 Å². The average Bonchev–Trinajstić information content (AvgIpc) is 2.16. The van der Waals surface area contributed by atoms with Crippen molar-refractivity contribution in [3.8, 4) is 5.75 Å². The van der Waals surface area contributed by atoms with Crippen LogP contribution in [0.1, 0.15) is 17.3 Å². The lowest BCUT2D eigenvalue weighted by molar-refractivity contribution is 0.101. The van der Waals surface area contributed by atoms with Crippen molar-refractivity contribution in [1.82, 2.24) is 0 Å². The van der Waals surface area contributed by atoms with Gasteiger partial charge in [-0.25, -0.2) is 0 Å². The van der Waals surface area contributed by atoms with Crippen molar-refractivity contribution < 1.29 is 14.6 Å². The van der Waals surface area contributed by atoms with E-state index in [4.69, 9.17) is 15.6 Å². The molecule has 0 heterocycles.